The van der Waals surface area contributed by atoms with Gasteiger partial charge in [0.15, 0.2) is 5.82 Å². The van der Waals surface area contributed by atoms with Gasteiger partial charge in [-0.05, 0) is 37.7 Å². The molecule has 3 unspecified atom stereocenters. The van der Waals surface area contributed by atoms with E-state index in [0.717, 1.165) is 30.9 Å². The molecule has 2 aromatic rings. The fraction of sp³-hybridized carbons (Fsp3) is 0.471. The molecule has 2 aliphatic rings. The van der Waals surface area contributed by atoms with Crippen LogP contribution in [-0.2, 0) is 4.79 Å². The maximum absolute atomic E-state index is 11.7. The van der Waals surface area contributed by atoms with Crippen molar-refractivity contribution < 1.29 is 4.79 Å². The maximum atomic E-state index is 11.7. The topological polar surface area (TPSA) is 83.9 Å². The molecule has 0 radical (unpaired) electrons. The minimum atomic E-state index is -0.628. The predicted molar refractivity (Wildman–Crippen MR) is 95.4 cm³/mol. The van der Waals surface area contributed by atoms with Crippen molar-refractivity contribution >= 4 is 29.3 Å². The third-order valence-corrected chi connectivity index (χ3v) is 4.94. The lowest BCUT2D eigenvalue weighted by molar-refractivity contribution is -0.115. The fourth-order valence-corrected chi connectivity index (χ4v) is 3.21. The quantitative estimate of drug-likeness (QED) is 0.844. The molecular weight excluding hydrogens is 340 g/mol. The second-order valence-electron chi connectivity index (χ2n) is 6.63. The second-order valence-corrected chi connectivity index (χ2v) is 7.29. The molecule has 130 valence electrons. The number of anilines is 2. The minimum absolute atomic E-state index is 0.304. The number of hydrogen-bond donors (Lipinski definition) is 1. The third-order valence-electron chi connectivity index (χ3n) is 4.74. The van der Waals surface area contributed by atoms with Gasteiger partial charge < -0.3 is 10.2 Å². The number of aromatic nitrogens is 4. The molecule has 2 fully saturated rings. The van der Waals surface area contributed by atoms with Gasteiger partial charge in [-0.3, -0.25) is 4.79 Å². The molecule has 2 aromatic heterocycles. The predicted octanol–water partition coefficient (Wildman–Crippen LogP) is 2.35. The van der Waals surface area contributed by atoms with E-state index < -0.39 is 5.38 Å². The van der Waals surface area contributed by atoms with Crippen LogP contribution >= 0.6 is 11.6 Å². The average molecular weight is 359 g/mol. The van der Waals surface area contributed by atoms with Gasteiger partial charge in [-0.25, -0.2) is 19.9 Å². The Morgan fingerprint density at radius 3 is 2.84 bits per heavy atom. The molecule has 1 N–H and O–H groups in total. The van der Waals surface area contributed by atoms with E-state index in [9.17, 15) is 4.79 Å². The van der Waals surface area contributed by atoms with Crippen LogP contribution in [0.3, 0.4) is 0 Å². The van der Waals surface area contributed by atoms with Crippen molar-refractivity contribution in [3.05, 3.63) is 24.7 Å². The van der Waals surface area contributed by atoms with Gasteiger partial charge >= 0.3 is 0 Å². The number of fused-ring (bicyclic) bond motifs is 1. The van der Waals surface area contributed by atoms with Gasteiger partial charge in [-0.15, -0.1) is 11.6 Å². The molecule has 3 heterocycles. The molecule has 25 heavy (non-hydrogen) atoms. The van der Waals surface area contributed by atoms with Gasteiger partial charge in [0.2, 0.25) is 11.9 Å². The molecule has 8 heteroatoms. The SMILES string of the molecule is CC(Cl)C(=O)Nc1ccnc(-c2cnc(N3CCC4CC4C3)nc2)n1. The number of hydrogen-bond acceptors (Lipinski definition) is 6. The number of carbonyl (C=O) groups excluding carboxylic acids is 1. The summed E-state index contributed by atoms with van der Waals surface area (Å²) >= 11 is 5.76. The van der Waals surface area contributed by atoms with Crippen molar-refractivity contribution in [2.45, 2.75) is 25.1 Å². The highest BCUT2D eigenvalue weighted by Crippen LogP contribution is 2.45. The summed E-state index contributed by atoms with van der Waals surface area (Å²) in [6.45, 7) is 3.68. The Morgan fingerprint density at radius 1 is 1.32 bits per heavy atom. The van der Waals surface area contributed by atoms with E-state index in [1.54, 1.807) is 31.6 Å². The van der Waals surface area contributed by atoms with Gasteiger partial charge in [-0.1, -0.05) is 0 Å². The Morgan fingerprint density at radius 2 is 2.12 bits per heavy atom. The molecule has 7 nitrogen and oxygen atoms in total. The van der Waals surface area contributed by atoms with Crippen molar-refractivity contribution in [1.29, 1.82) is 0 Å². The lowest BCUT2D eigenvalue weighted by Gasteiger charge is -2.26. The Labute approximate surface area is 150 Å². The average Bonchev–Trinajstić information content (AvgIpc) is 3.41. The summed E-state index contributed by atoms with van der Waals surface area (Å²) in [5.74, 6) is 3.08. The first-order valence-corrected chi connectivity index (χ1v) is 8.89. The number of amides is 1. The highest BCUT2D eigenvalue weighted by molar-refractivity contribution is 6.32. The minimum Gasteiger partial charge on any atom is -0.341 e. The molecule has 0 bridgehead atoms. The molecule has 1 aliphatic carbocycles. The molecule has 3 atom stereocenters. The van der Waals surface area contributed by atoms with Crippen LogP contribution in [0.15, 0.2) is 24.7 Å². The van der Waals surface area contributed by atoms with E-state index in [1.165, 1.54) is 12.8 Å². The number of alkyl halides is 1. The molecule has 1 aliphatic heterocycles. The summed E-state index contributed by atoms with van der Waals surface area (Å²) in [7, 11) is 0. The summed E-state index contributed by atoms with van der Waals surface area (Å²) in [6, 6.07) is 1.62. The van der Waals surface area contributed by atoms with Crippen molar-refractivity contribution in [1.82, 2.24) is 19.9 Å². The maximum Gasteiger partial charge on any atom is 0.243 e. The van der Waals surface area contributed by atoms with E-state index in [4.69, 9.17) is 11.6 Å². The zero-order valence-electron chi connectivity index (χ0n) is 13.9. The van der Waals surface area contributed by atoms with Gasteiger partial charge in [0.25, 0.3) is 0 Å². The first kappa shape index (κ1) is 16.2. The van der Waals surface area contributed by atoms with Crippen LogP contribution in [0.25, 0.3) is 11.4 Å². The fourth-order valence-electron chi connectivity index (χ4n) is 3.16. The van der Waals surface area contributed by atoms with Crippen LogP contribution in [0.2, 0.25) is 0 Å². The number of piperidine rings is 1. The Hall–Kier alpha value is -2.28. The van der Waals surface area contributed by atoms with Crippen LogP contribution in [-0.4, -0.2) is 44.3 Å². The smallest absolute Gasteiger partial charge is 0.243 e. The number of carbonyl (C=O) groups is 1. The van der Waals surface area contributed by atoms with E-state index in [1.807, 2.05) is 0 Å². The number of halogens is 1. The van der Waals surface area contributed by atoms with Crippen LogP contribution < -0.4 is 10.2 Å². The first-order valence-electron chi connectivity index (χ1n) is 8.45. The molecule has 1 saturated heterocycles. The zero-order valence-corrected chi connectivity index (χ0v) is 14.6. The molecule has 0 spiro atoms. The van der Waals surface area contributed by atoms with Crippen LogP contribution in [0.5, 0.6) is 0 Å². The Balaban J connectivity index is 1.49. The summed E-state index contributed by atoms with van der Waals surface area (Å²) in [5.41, 5.74) is 0.708. The third kappa shape index (κ3) is 3.56. The number of nitrogens with one attached hydrogen (secondary N) is 1. The highest BCUT2D eigenvalue weighted by Gasteiger charge is 2.41. The summed E-state index contributed by atoms with van der Waals surface area (Å²) in [4.78, 5) is 31.4. The molecular formula is C17H19ClN6O. The summed E-state index contributed by atoms with van der Waals surface area (Å²) in [6.07, 6.45) is 7.63. The van der Waals surface area contributed by atoms with Gasteiger partial charge in [0, 0.05) is 31.7 Å². The molecule has 4 rings (SSSR count). The summed E-state index contributed by atoms with van der Waals surface area (Å²) < 4.78 is 0. The zero-order chi connectivity index (χ0) is 17.4. The van der Waals surface area contributed by atoms with Crippen molar-refractivity contribution in [2.24, 2.45) is 11.8 Å². The Bertz CT molecular complexity index is 781. The van der Waals surface area contributed by atoms with Crippen molar-refractivity contribution in [3.8, 4) is 11.4 Å². The normalized spacial score (nSPS) is 22.9. The molecule has 1 amide bonds. The van der Waals surface area contributed by atoms with Crippen LogP contribution in [0.4, 0.5) is 11.8 Å². The number of nitrogens with zero attached hydrogens (tertiary/aromatic N) is 5. The second kappa shape index (κ2) is 6.55. The first-order chi connectivity index (χ1) is 12.1. The van der Waals surface area contributed by atoms with Gasteiger partial charge in [0.05, 0.1) is 5.56 Å². The van der Waals surface area contributed by atoms with Crippen LogP contribution in [0, 0.1) is 11.8 Å². The van der Waals surface area contributed by atoms with E-state index in [0.29, 0.717) is 17.2 Å². The standard InChI is InChI=1S/C17H19ClN6O/c1-10(18)16(25)23-14-2-4-19-15(22-14)13-7-20-17(21-8-13)24-5-3-11-6-12(11)9-24/h2,4,7-8,10-12H,3,5-6,9H2,1H3,(H,19,22,23,25). The van der Waals surface area contributed by atoms with E-state index >= 15 is 0 Å². The van der Waals surface area contributed by atoms with Crippen molar-refractivity contribution in [2.75, 3.05) is 23.3 Å². The van der Waals surface area contributed by atoms with E-state index in [-0.39, 0.29) is 5.91 Å². The monoisotopic (exact) mass is 358 g/mol. The van der Waals surface area contributed by atoms with Gasteiger partial charge in [-0.2, -0.15) is 0 Å². The molecule has 1 saturated carbocycles. The summed E-state index contributed by atoms with van der Waals surface area (Å²) in [5, 5.41) is 2.02. The van der Waals surface area contributed by atoms with Crippen molar-refractivity contribution in [3.63, 3.8) is 0 Å². The lowest BCUT2D eigenvalue weighted by Crippen LogP contribution is -2.32. The van der Waals surface area contributed by atoms with Gasteiger partial charge in [0.1, 0.15) is 11.2 Å². The van der Waals surface area contributed by atoms with Crippen LogP contribution in [0.1, 0.15) is 19.8 Å². The number of rotatable bonds is 4. The largest absolute Gasteiger partial charge is 0.341 e. The highest BCUT2D eigenvalue weighted by atomic mass is 35.5. The Kier molecular flexibility index (Phi) is 4.25. The lowest BCUT2D eigenvalue weighted by atomic mass is 10.1. The molecule has 0 aromatic carbocycles. The van der Waals surface area contributed by atoms with E-state index in [2.05, 4.69) is 30.2 Å².